The fraction of sp³-hybridized carbons (Fsp3) is 1.00. The first-order chi connectivity index (χ1) is 7.27. The van der Waals surface area contributed by atoms with Gasteiger partial charge in [0.2, 0.25) is 0 Å². The van der Waals surface area contributed by atoms with E-state index in [1.807, 2.05) is 0 Å². The Kier molecular flexibility index (Phi) is 6.26. The van der Waals surface area contributed by atoms with Crippen molar-refractivity contribution >= 4 is 0 Å². The van der Waals surface area contributed by atoms with Crippen LogP contribution < -0.4 is 5.32 Å². The molecule has 0 bridgehead atoms. The standard InChI is InChI=1S/C13H28N2/c1-4-6-13-7-9-15(11-13)12(3)10-14-8-5-2/h12-14H,4-11H2,1-3H3. The van der Waals surface area contributed by atoms with Crippen LogP contribution >= 0.6 is 0 Å². The van der Waals surface area contributed by atoms with Gasteiger partial charge in [0.05, 0.1) is 0 Å². The SMILES string of the molecule is CCCNCC(C)N1CCC(CCC)C1. The first-order valence-corrected chi connectivity index (χ1v) is 6.72. The summed E-state index contributed by atoms with van der Waals surface area (Å²) in [6.45, 7) is 11.9. The van der Waals surface area contributed by atoms with Crippen LogP contribution in [0.3, 0.4) is 0 Å². The molecule has 1 aliphatic rings. The zero-order valence-electron chi connectivity index (χ0n) is 10.8. The Hall–Kier alpha value is -0.0800. The van der Waals surface area contributed by atoms with Crippen LogP contribution in [0.4, 0.5) is 0 Å². The number of nitrogens with zero attached hydrogens (tertiary/aromatic N) is 1. The van der Waals surface area contributed by atoms with E-state index in [2.05, 4.69) is 31.0 Å². The molecule has 90 valence electrons. The van der Waals surface area contributed by atoms with Crippen LogP contribution in [0, 0.1) is 5.92 Å². The predicted octanol–water partition coefficient (Wildman–Crippen LogP) is 2.50. The van der Waals surface area contributed by atoms with E-state index in [0.29, 0.717) is 0 Å². The van der Waals surface area contributed by atoms with Crippen molar-refractivity contribution in [3.8, 4) is 0 Å². The van der Waals surface area contributed by atoms with Gasteiger partial charge in [-0.1, -0.05) is 20.3 Å². The van der Waals surface area contributed by atoms with Gasteiger partial charge < -0.3 is 5.32 Å². The Morgan fingerprint density at radius 2 is 2.13 bits per heavy atom. The molecule has 2 atom stereocenters. The van der Waals surface area contributed by atoms with Crippen LogP contribution in [0.15, 0.2) is 0 Å². The number of nitrogens with one attached hydrogen (secondary N) is 1. The molecule has 0 radical (unpaired) electrons. The third-order valence-electron chi connectivity index (χ3n) is 3.50. The maximum absolute atomic E-state index is 3.52. The maximum atomic E-state index is 3.52. The predicted molar refractivity (Wildman–Crippen MR) is 67.2 cm³/mol. The van der Waals surface area contributed by atoms with E-state index in [1.165, 1.54) is 38.8 Å². The van der Waals surface area contributed by atoms with E-state index in [4.69, 9.17) is 0 Å². The van der Waals surface area contributed by atoms with E-state index in [-0.39, 0.29) is 0 Å². The first-order valence-electron chi connectivity index (χ1n) is 6.72. The fourth-order valence-corrected chi connectivity index (χ4v) is 2.52. The summed E-state index contributed by atoms with van der Waals surface area (Å²) < 4.78 is 0. The molecule has 1 N–H and O–H groups in total. The minimum atomic E-state index is 0.721. The largest absolute Gasteiger partial charge is 0.315 e. The van der Waals surface area contributed by atoms with Crippen molar-refractivity contribution in [2.45, 2.75) is 52.5 Å². The second kappa shape index (κ2) is 7.24. The summed E-state index contributed by atoms with van der Waals surface area (Å²) in [5.74, 6) is 0.976. The van der Waals surface area contributed by atoms with E-state index >= 15 is 0 Å². The van der Waals surface area contributed by atoms with E-state index < -0.39 is 0 Å². The third kappa shape index (κ3) is 4.52. The summed E-state index contributed by atoms with van der Waals surface area (Å²) in [6.07, 6.45) is 5.43. The normalized spacial score (nSPS) is 24.6. The van der Waals surface area contributed by atoms with Crippen molar-refractivity contribution in [2.24, 2.45) is 5.92 Å². The molecule has 0 spiro atoms. The molecule has 1 fully saturated rings. The van der Waals surface area contributed by atoms with Gasteiger partial charge in [-0.3, -0.25) is 4.90 Å². The molecule has 1 rings (SSSR count). The van der Waals surface area contributed by atoms with Crippen LogP contribution in [0.25, 0.3) is 0 Å². The highest BCUT2D eigenvalue weighted by Gasteiger charge is 2.24. The van der Waals surface area contributed by atoms with Gasteiger partial charge in [0.1, 0.15) is 0 Å². The van der Waals surface area contributed by atoms with Crippen LogP contribution in [-0.2, 0) is 0 Å². The summed E-state index contributed by atoms with van der Waals surface area (Å²) >= 11 is 0. The summed E-state index contributed by atoms with van der Waals surface area (Å²) in [5.41, 5.74) is 0. The van der Waals surface area contributed by atoms with E-state index in [1.54, 1.807) is 0 Å². The number of likely N-dealkylation sites (tertiary alicyclic amines) is 1. The Bertz CT molecular complexity index is 159. The summed E-state index contributed by atoms with van der Waals surface area (Å²) in [6, 6.07) is 0.721. The molecule has 2 nitrogen and oxygen atoms in total. The highest BCUT2D eigenvalue weighted by molar-refractivity contribution is 4.80. The third-order valence-corrected chi connectivity index (χ3v) is 3.50. The minimum Gasteiger partial charge on any atom is -0.315 e. The molecular formula is C13H28N2. The lowest BCUT2D eigenvalue weighted by Crippen LogP contribution is -2.39. The van der Waals surface area contributed by atoms with Crippen molar-refractivity contribution in [3.05, 3.63) is 0 Å². The van der Waals surface area contributed by atoms with Crippen molar-refractivity contribution in [1.82, 2.24) is 10.2 Å². The molecule has 0 aliphatic carbocycles. The minimum absolute atomic E-state index is 0.721. The Balaban J connectivity index is 2.15. The van der Waals surface area contributed by atoms with Gasteiger partial charge in [-0.2, -0.15) is 0 Å². The van der Waals surface area contributed by atoms with Crippen LogP contribution in [-0.4, -0.2) is 37.1 Å². The quantitative estimate of drug-likeness (QED) is 0.652. The maximum Gasteiger partial charge on any atom is 0.0192 e. The number of hydrogen-bond acceptors (Lipinski definition) is 2. The molecule has 0 saturated carbocycles. The molecule has 15 heavy (non-hydrogen) atoms. The Labute approximate surface area is 95.4 Å². The molecule has 1 heterocycles. The zero-order valence-corrected chi connectivity index (χ0v) is 10.8. The van der Waals surface area contributed by atoms with Crippen molar-refractivity contribution in [2.75, 3.05) is 26.2 Å². The van der Waals surface area contributed by atoms with Gasteiger partial charge in [0.25, 0.3) is 0 Å². The van der Waals surface area contributed by atoms with Gasteiger partial charge in [-0.05, 0) is 45.2 Å². The summed E-state index contributed by atoms with van der Waals surface area (Å²) in [7, 11) is 0. The van der Waals surface area contributed by atoms with Crippen LogP contribution in [0.2, 0.25) is 0 Å². The molecule has 0 aromatic rings. The topological polar surface area (TPSA) is 15.3 Å². The lowest BCUT2D eigenvalue weighted by atomic mass is 10.0. The van der Waals surface area contributed by atoms with Crippen LogP contribution in [0.5, 0.6) is 0 Å². The molecule has 0 aromatic carbocycles. The highest BCUT2D eigenvalue weighted by Crippen LogP contribution is 2.22. The lowest BCUT2D eigenvalue weighted by molar-refractivity contribution is 0.241. The molecule has 0 amide bonds. The van der Waals surface area contributed by atoms with Crippen LogP contribution in [0.1, 0.15) is 46.5 Å². The Morgan fingerprint density at radius 1 is 1.33 bits per heavy atom. The molecule has 0 aromatic heterocycles. The van der Waals surface area contributed by atoms with Crippen molar-refractivity contribution < 1.29 is 0 Å². The van der Waals surface area contributed by atoms with Gasteiger partial charge in [0.15, 0.2) is 0 Å². The first kappa shape index (κ1) is 13.0. The second-order valence-corrected chi connectivity index (χ2v) is 4.99. The molecule has 2 heteroatoms. The zero-order chi connectivity index (χ0) is 11.1. The molecule has 1 saturated heterocycles. The van der Waals surface area contributed by atoms with E-state index in [0.717, 1.165) is 25.0 Å². The van der Waals surface area contributed by atoms with Gasteiger partial charge in [-0.15, -0.1) is 0 Å². The molecule has 1 aliphatic heterocycles. The smallest absolute Gasteiger partial charge is 0.0192 e. The average molecular weight is 212 g/mol. The van der Waals surface area contributed by atoms with Gasteiger partial charge in [-0.25, -0.2) is 0 Å². The summed E-state index contributed by atoms with van der Waals surface area (Å²) in [4.78, 5) is 2.66. The monoisotopic (exact) mass is 212 g/mol. The lowest BCUT2D eigenvalue weighted by Gasteiger charge is -2.24. The van der Waals surface area contributed by atoms with E-state index in [9.17, 15) is 0 Å². The highest BCUT2D eigenvalue weighted by atomic mass is 15.2. The van der Waals surface area contributed by atoms with Crippen molar-refractivity contribution in [1.29, 1.82) is 0 Å². The molecular weight excluding hydrogens is 184 g/mol. The molecule has 2 unspecified atom stereocenters. The fourth-order valence-electron chi connectivity index (χ4n) is 2.52. The Morgan fingerprint density at radius 3 is 2.80 bits per heavy atom. The number of hydrogen-bond donors (Lipinski definition) is 1. The second-order valence-electron chi connectivity index (χ2n) is 4.99. The summed E-state index contributed by atoms with van der Waals surface area (Å²) in [5, 5.41) is 3.52. The number of rotatable bonds is 7. The van der Waals surface area contributed by atoms with Gasteiger partial charge >= 0.3 is 0 Å². The van der Waals surface area contributed by atoms with Gasteiger partial charge in [0, 0.05) is 19.1 Å². The average Bonchev–Trinajstić information content (AvgIpc) is 2.67. The van der Waals surface area contributed by atoms with Crippen molar-refractivity contribution in [3.63, 3.8) is 0 Å².